The second-order valence-corrected chi connectivity index (χ2v) is 11.0. The number of halogens is 4. The number of alkyl halides is 4. The van der Waals surface area contributed by atoms with Crippen molar-refractivity contribution in [3.05, 3.63) is 66.2 Å². The van der Waals surface area contributed by atoms with E-state index in [4.69, 9.17) is 20.6 Å². The maximum absolute atomic E-state index is 14.3. The highest BCUT2D eigenvalue weighted by atomic mass is 35.5. The Bertz CT molecular complexity index is 1230. The standard InChI is InChI=1S/C25H28ClF3NO5P/c1-15(2)34-36(32,35-16(3)4)23(22-20-11-6-5-8-17(20)12-13-21(22)31)30-18-9-7-10-19(14-18)33-25(28,29)24(26)27/h5-16,23-24,30-31H,1-4H3. The summed E-state index contributed by atoms with van der Waals surface area (Å²) in [6, 6.07) is 15.6. The number of rotatable bonds is 11. The van der Waals surface area contributed by atoms with Crippen molar-refractivity contribution in [3.63, 3.8) is 0 Å². The molecule has 3 aromatic carbocycles. The van der Waals surface area contributed by atoms with Gasteiger partial charge in [-0.2, -0.15) is 8.78 Å². The first-order chi connectivity index (χ1) is 16.8. The van der Waals surface area contributed by atoms with E-state index in [1.165, 1.54) is 24.3 Å². The van der Waals surface area contributed by atoms with Crippen molar-refractivity contribution in [2.75, 3.05) is 5.32 Å². The van der Waals surface area contributed by atoms with E-state index in [1.807, 2.05) is 12.1 Å². The normalized spacial score (nSPS) is 14.3. The molecule has 0 aliphatic carbocycles. The van der Waals surface area contributed by atoms with E-state index in [0.29, 0.717) is 5.39 Å². The molecule has 0 heterocycles. The van der Waals surface area contributed by atoms with Crippen LogP contribution >= 0.6 is 19.2 Å². The van der Waals surface area contributed by atoms with Gasteiger partial charge < -0.3 is 24.2 Å². The molecule has 0 aromatic heterocycles. The zero-order valence-corrected chi connectivity index (χ0v) is 21.8. The van der Waals surface area contributed by atoms with E-state index >= 15 is 0 Å². The van der Waals surface area contributed by atoms with Crippen LogP contribution in [0.15, 0.2) is 60.7 Å². The Balaban J connectivity index is 2.16. The summed E-state index contributed by atoms with van der Waals surface area (Å²) in [5, 5.41) is 15.2. The van der Waals surface area contributed by atoms with Crippen LogP contribution in [0.1, 0.15) is 39.0 Å². The molecule has 6 nitrogen and oxygen atoms in total. The van der Waals surface area contributed by atoms with E-state index in [0.717, 1.165) is 11.5 Å². The lowest BCUT2D eigenvalue weighted by Crippen LogP contribution is -2.32. The Morgan fingerprint density at radius 2 is 1.61 bits per heavy atom. The van der Waals surface area contributed by atoms with Gasteiger partial charge in [0.15, 0.2) is 5.78 Å². The van der Waals surface area contributed by atoms with Crippen LogP contribution in [0.25, 0.3) is 10.8 Å². The highest BCUT2D eigenvalue weighted by molar-refractivity contribution is 7.54. The van der Waals surface area contributed by atoms with Gasteiger partial charge in [-0.3, -0.25) is 4.57 Å². The lowest BCUT2D eigenvalue weighted by molar-refractivity contribution is -0.199. The van der Waals surface area contributed by atoms with Crippen molar-refractivity contribution >= 4 is 35.7 Å². The Labute approximate surface area is 212 Å². The molecule has 0 aliphatic heterocycles. The molecule has 11 heteroatoms. The van der Waals surface area contributed by atoms with Gasteiger partial charge in [-0.1, -0.05) is 48.0 Å². The molecule has 2 N–H and O–H groups in total. The molecular weight excluding hydrogens is 518 g/mol. The fraction of sp³-hybridized carbons (Fsp3) is 0.360. The van der Waals surface area contributed by atoms with Crippen molar-refractivity contribution in [3.8, 4) is 11.5 Å². The number of benzene rings is 3. The average Bonchev–Trinajstić information content (AvgIpc) is 2.76. The summed E-state index contributed by atoms with van der Waals surface area (Å²) in [4.78, 5) is 0. The van der Waals surface area contributed by atoms with Crippen LogP contribution in [0.2, 0.25) is 0 Å². The SMILES string of the molecule is CC(C)OP(=O)(OC(C)C)C(Nc1cccc(OC(F)(F)C(F)Cl)c1)c1c(O)ccc2ccccc12. The summed E-state index contributed by atoms with van der Waals surface area (Å²) in [5.41, 5.74) is -2.65. The molecule has 0 amide bonds. The van der Waals surface area contributed by atoms with Crippen LogP contribution in [0.3, 0.4) is 0 Å². The molecule has 0 saturated carbocycles. The monoisotopic (exact) mass is 545 g/mol. The molecule has 0 saturated heterocycles. The Kier molecular flexibility index (Phi) is 8.83. The fourth-order valence-electron chi connectivity index (χ4n) is 3.62. The van der Waals surface area contributed by atoms with Gasteiger partial charge in [0, 0.05) is 17.3 Å². The quantitative estimate of drug-likeness (QED) is 0.187. The molecule has 0 aliphatic rings. The second kappa shape index (κ2) is 11.3. The number of fused-ring (bicyclic) bond motifs is 1. The Morgan fingerprint density at radius 3 is 2.22 bits per heavy atom. The summed E-state index contributed by atoms with van der Waals surface area (Å²) >= 11 is 4.90. The summed E-state index contributed by atoms with van der Waals surface area (Å²) in [6.07, 6.45) is -5.31. The van der Waals surface area contributed by atoms with Crippen LogP contribution < -0.4 is 10.1 Å². The minimum Gasteiger partial charge on any atom is -0.508 e. The number of aromatic hydroxyl groups is 1. The second-order valence-electron chi connectivity index (χ2n) is 8.61. The minimum atomic E-state index is -4.27. The van der Waals surface area contributed by atoms with E-state index in [9.17, 15) is 22.8 Å². The van der Waals surface area contributed by atoms with Gasteiger partial charge in [-0.15, -0.1) is 0 Å². The minimum absolute atomic E-state index is 0.172. The molecule has 3 aromatic rings. The van der Waals surface area contributed by atoms with Crippen LogP contribution in [-0.2, 0) is 13.6 Å². The number of phenolic OH excluding ortho intramolecular Hbond substituents is 1. The van der Waals surface area contributed by atoms with Crippen molar-refractivity contribution in [2.24, 2.45) is 0 Å². The highest BCUT2D eigenvalue weighted by Crippen LogP contribution is 2.64. The van der Waals surface area contributed by atoms with Gasteiger partial charge in [0.05, 0.1) is 12.2 Å². The predicted molar refractivity (Wildman–Crippen MR) is 135 cm³/mol. The van der Waals surface area contributed by atoms with Crippen molar-refractivity contribution in [1.29, 1.82) is 0 Å². The number of ether oxygens (including phenoxy) is 1. The summed E-state index contributed by atoms with van der Waals surface area (Å²) in [7, 11) is -4.07. The molecule has 0 fully saturated rings. The van der Waals surface area contributed by atoms with E-state index < -0.39 is 43.1 Å². The van der Waals surface area contributed by atoms with Crippen molar-refractivity contribution < 1.29 is 36.6 Å². The molecule has 2 atom stereocenters. The number of nitrogens with one attached hydrogen (secondary N) is 1. The maximum atomic E-state index is 14.3. The Morgan fingerprint density at radius 1 is 0.972 bits per heavy atom. The summed E-state index contributed by atoms with van der Waals surface area (Å²) < 4.78 is 70.9. The molecular formula is C25H28ClF3NO5P. The van der Waals surface area contributed by atoms with Gasteiger partial charge in [0.25, 0.3) is 5.63 Å². The van der Waals surface area contributed by atoms with E-state index in [2.05, 4.69) is 10.1 Å². The van der Waals surface area contributed by atoms with Crippen molar-refractivity contribution in [2.45, 2.75) is 57.4 Å². The first kappa shape index (κ1) is 28.1. The summed E-state index contributed by atoms with van der Waals surface area (Å²) in [5.74, 6) is -1.82. The lowest BCUT2D eigenvalue weighted by Gasteiger charge is -2.32. The van der Waals surface area contributed by atoms with Crippen LogP contribution in [0.4, 0.5) is 18.9 Å². The van der Waals surface area contributed by atoms with Gasteiger partial charge in [0.2, 0.25) is 0 Å². The topological polar surface area (TPSA) is 77.0 Å². The van der Waals surface area contributed by atoms with Gasteiger partial charge >= 0.3 is 13.7 Å². The zero-order valence-electron chi connectivity index (χ0n) is 20.1. The fourth-order valence-corrected chi connectivity index (χ4v) is 6.03. The highest BCUT2D eigenvalue weighted by Gasteiger charge is 2.43. The van der Waals surface area contributed by atoms with Gasteiger partial charge in [-0.25, -0.2) is 4.39 Å². The number of anilines is 1. The van der Waals surface area contributed by atoms with Crippen LogP contribution in [-0.4, -0.2) is 29.1 Å². The third-order valence-electron chi connectivity index (χ3n) is 4.90. The number of phenols is 1. The van der Waals surface area contributed by atoms with Crippen LogP contribution in [0, 0.1) is 0 Å². The largest absolute Gasteiger partial charge is 0.508 e. The Hall–Kier alpha value is -2.45. The van der Waals surface area contributed by atoms with E-state index in [-0.39, 0.29) is 17.0 Å². The molecule has 196 valence electrons. The molecule has 0 bridgehead atoms. The smallest absolute Gasteiger partial charge is 0.444 e. The lowest BCUT2D eigenvalue weighted by atomic mass is 10.0. The number of hydrogen-bond acceptors (Lipinski definition) is 6. The number of hydrogen-bond donors (Lipinski definition) is 2. The van der Waals surface area contributed by atoms with Gasteiger partial charge in [-0.05, 0) is 56.7 Å². The zero-order chi connectivity index (χ0) is 26.7. The maximum Gasteiger partial charge on any atom is 0.444 e. The predicted octanol–water partition coefficient (Wildman–Crippen LogP) is 8.21. The molecule has 0 radical (unpaired) electrons. The molecule has 3 rings (SSSR count). The average molecular weight is 546 g/mol. The molecule has 36 heavy (non-hydrogen) atoms. The molecule has 0 spiro atoms. The first-order valence-corrected chi connectivity index (χ1v) is 13.3. The molecule has 2 unspecified atom stereocenters. The first-order valence-electron chi connectivity index (χ1n) is 11.2. The third-order valence-corrected chi connectivity index (χ3v) is 7.60. The third kappa shape index (κ3) is 6.65. The van der Waals surface area contributed by atoms with Crippen LogP contribution in [0.5, 0.6) is 11.5 Å². The van der Waals surface area contributed by atoms with Gasteiger partial charge in [0.1, 0.15) is 11.5 Å². The van der Waals surface area contributed by atoms with Crippen molar-refractivity contribution in [1.82, 2.24) is 0 Å². The van der Waals surface area contributed by atoms with E-state index in [1.54, 1.807) is 45.9 Å². The summed E-state index contributed by atoms with van der Waals surface area (Å²) in [6.45, 7) is 6.75.